The van der Waals surface area contributed by atoms with Crippen molar-refractivity contribution in [3.63, 3.8) is 0 Å². The molecule has 0 radical (unpaired) electrons. The van der Waals surface area contributed by atoms with Crippen LogP contribution < -0.4 is 5.32 Å². The number of benzene rings is 1. The topological polar surface area (TPSA) is 12.0 Å². The molecule has 1 N–H and O–H groups in total. The normalized spacial score (nSPS) is 13.2. The first kappa shape index (κ1) is 16.5. The first-order valence-electron chi connectivity index (χ1n) is 6.90. The fraction of sp³-hybridized carbons (Fsp3) is 0.529. The maximum Gasteiger partial charge on any atom is 0.0204 e. The van der Waals surface area contributed by atoms with E-state index in [0.717, 1.165) is 6.54 Å². The van der Waals surface area contributed by atoms with E-state index in [1.54, 1.807) is 0 Å². The molecule has 0 aromatic heterocycles. The van der Waals surface area contributed by atoms with Crippen LogP contribution in [0.3, 0.4) is 0 Å². The lowest BCUT2D eigenvalue weighted by Gasteiger charge is -2.23. The summed E-state index contributed by atoms with van der Waals surface area (Å²) in [5, 5.41) is 3.57. The third-order valence-electron chi connectivity index (χ3n) is 3.10. The Morgan fingerprint density at radius 2 is 1.95 bits per heavy atom. The summed E-state index contributed by atoms with van der Waals surface area (Å²) in [7, 11) is 0. The van der Waals surface area contributed by atoms with E-state index in [1.807, 2.05) is 0 Å². The predicted molar refractivity (Wildman–Crippen MR) is 89.4 cm³/mol. The molecule has 0 aliphatic carbocycles. The SMILES string of the molecule is Cc1cc(C=C(CNC(C)(C)C)C(C)C)ccc1Br. The van der Waals surface area contributed by atoms with Crippen molar-refractivity contribution in [2.75, 3.05) is 6.54 Å². The van der Waals surface area contributed by atoms with Gasteiger partial charge < -0.3 is 5.32 Å². The zero-order chi connectivity index (χ0) is 14.6. The van der Waals surface area contributed by atoms with Crippen molar-refractivity contribution in [2.24, 2.45) is 5.92 Å². The lowest BCUT2D eigenvalue weighted by atomic mass is 9.98. The fourth-order valence-electron chi connectivity index (χ4n) is 1.76. The molecule has 0 saturated heterocycles. The van der Waals surface area contributed by atoms with E-state index in [4.69, 9.17) is 0 Å². The molecule has 0 aliphatic heterocycles. The van der Waals surface area contributed by atoms with Gasteiger partial charge >= 0.3 is 0 Å². The third-order valence-corrected chi connectivity index (χ3v) is 3.99. The van der Waals surface area contributed by atoms with E-state index < -0.39 is 0 Å². The first-order chi connectivity index (χ1) is 8.69. The Labute approximate surface area is 126 Å². The zero-order valence-electron chi connectivity index (χ0n) is 13.0. The van der Waals surface area contributed by atoms with Crippen LogP contribution in [0.25, 0.3) is 6.08 Å². The smallest absolute Gasteiger partial charge is 0.0204 e. The maximum absolute atomic E-state index is 3.57. The predicted octanol–water partition coefficient (Wildman–Crippen LogP) is 5.19. The second kappa shape index (κ2) is 6.71. The molecule has 0 bridgehead atoms. The Balaban J connectivity index is 2.91. The van der Waals surface area contributed by atoms with Gasteiger partial charge in [0.15, 0.2) is 0 Å². The Bertz CT molecular complexity index is 453. The van der Waals surface area contributed by atoms with E-state index >= 15 is 0 Å². The standard InChI is InChI=1S/C17H26BrN/c1-12(2)15(11-19-17(4,5)6)10-14-7-8-16(18)13(3)9-14/h7-10,12,19H,11H2,1-6H3. The van der Waals surface area contributed by atoms with Crippen molar-refractivity contribution < 1.29 is 0 Å². The highest BCUT2D eigenvalue weighted by molar-refractivity contribution is 9.10. The summed E-state index contributed by atoms with van der Waals surface area (Å²) in [6, 6.07) is 6.51. The lowest BCUT2D eigenvalue weighted by molar-refractivity contribution is 0.437. The minimum Gasteiger partial charge on any atom is -0.308 e. The monoisotopic (exact) mass is 323 g/mol. The first-order valence-corrected chi connectivity index (χ1v) is 7.70. The Morgan fingerprint density at radius 3 is 2.42 bits per heavy atom. The largest absolute Gasteiger partial charge is 0.308 e. The van der Waals surface area contributed by atoms with Crippen molar-refractivity contribution >= 4 is 22.0 Å². The van der Waals surface area contributed by atoms with Crippen molar-refractivity contribution in [1.82, 2.24) is 5.32 Å². The van der Waals surface area contributed by atoms with Crippen LogP contribution >= 0.6 is 15.9 Å². The molecule has 2 heteroatoms. The second-order valence-corrected chi connectivity index (χ2v) is 7.34. The Hall–Kier alpha value is -0.600. The summed E-state index contributed by atoms with van der Waals surface area (Å²) in [6.45, 7) is 14.2. The van der Waals surface area contributed by atoms with Crippen LogP contribution in [0.1, 0.15) is 45.7 Å². The second-order valence-electron chi connectivity index (χ2n) is 6.49. The highest BCUT2D eigenvalue weighted by Gasteiger charge is 2.11. The Morgan fingerprint density at radius 1 is 1.32 bits per heavy atom. The summed E-state index contributed by atoms with van der Waals surface area (Å²) >= 11 is 3.55. The summed E-state index contributed by atoms with van der Waals surface area (Å²) < 4.78 is 1.17. The van der Waals surface area contributed by atoms with Gasteiger partial charge in [-0.3, -0.25) is 0 Å². The molecule has 0 heterocycles. The molecular formula is C17H26BrN. The maximum atomic E-state index is 3.57. The molecule has 0 fully saturated rings. The average molecular weight is 324 g/mol. The molecule has 0 amide bonds. The van der Waals surface area contributed by atoms with E-state index in [9.17, 15) is 0 Å². The van der Waals surface area contributed by atoms with Crippen LogP contribution in [-0.2, 0) is 0 Å². The van der Waals surface area contributed by atoms with Crippen LogP contribution in [0.5, 0.6) is 0 Å². The quantitative estimate of drug-likeness (QED) is 0.804. The number of rotatable bonds is 4. The summed E-state index contributed by atoms with van der Waals surface area (Å²) in [4.78, 5) is 0. The van der Waals surface area contributed by atoms with E-state index in [1.165, 1.54) is 21.2 Å². The molecule has 0 spiro atoms. The van der Waals surface area contributed by atoms with E-state index in [0.29, 0.717) is 5.92 Å². The van der Waals surface area contributed by atoms with Gasteiger partial charge in [0, 0.05) is 16.6 Å². The highest BCUT2D eigenvalue weighted by Crippen LogP contribution is 2.20. The molecule has 0 aliphatic rings. The van der Waals surface area contributed by atoms with E-state index in [-0.39, 0.29) is 5.54 Å². The summed E-state index contributed by atoms with van der Waals surface area (Å²) in [6.07, 6.45) is 2.31. The number of hydrogen-bond acceptors (Lipinski definition) is 1. The third kappa shape index (κ3) is 5.92. The molecule has 1 nitrogen and oxygen atoms in total. The molecule has 0 unspecified atom stereocenters. The summed E-state index contributed by atoms with van der Waals surface area (Å²) in [5.41, 5.74) is 4.15. The minimum absolute atomic E-state index is 0.156. The van der Waals surface area contributed by atoms with Crippen LogP contribution in [0, 0.1) is 12.8 Å². The van der Waals surface area contributed by atoms with Gasteiger partial charge in [0.25, 0.3) is 0 Å². The molecule has 106 valence electrons. The molecule has 19 heavy (non-hydrogen) atoms. The van der Waals surface area contributed by atoms with E-state index in [2.05, 4.69) is 87.1 Å². The van der Waals surface area contributed by atoms with Gasteiger partial charge in [-0.15, -0.1) is 0 Å². The van der Waals surface area contributed by atoms with Crippen LogP contribution in [0.4, 0.5) is 0 Å². The molecule has 1 rings (SSSR count). The number of aryl methyl sites for hydroxylation is 1. The van der Waals surface area contributed by atoms with Crippen molar-refractivity contribution in [3.8, 4) is 0 Å². The van der Waals surface area contributed by atoms with Gasteiger partial charge in [-0.05, 0) is 50.8 Å². The average Bonchev–Trinajstić information content (AvgIpc) is 2.27. The molecule has 0 saturated carbocycles. The minimum atomic E-state index is 0.156. The number of halogens is 1. The molecule has 0 atom stereocenters. The molecule has 1 aromatic carbocycles. The van der Waals surface area contributed by atoms with Gasteiger partial charge in [0.2, 0.25) is 0 Å². The fourth-order valence-corrected chi connectivity index (χ4v) is 2.01. The molecular weight excluding hydrogens is 298 g/mol. The Kier molecular flexibility index (Phi) is 5.82. The highest BCUT2D eigenvalue weighted by atomic mass is 79.9. The van der Waals surface area contributed by atoms with Gasteiger partial charge in [0.05, 0.1) is 0 Å². The van der Waals surface area contributed by atoms with Crippen molar-refractivity contribution in [1.29, 1.82) is 0 Å². The van der Waals surface area contributed by atoms with Crippen LogP contribution in [0.2, 0.25) is 0 Å². The number of nitrogens with one attached hydrogen (secondary N) is 1. The van der Waals surface area contributed by atoms with Gasteiger partial charge in [-0.25, -0.2) is 0 Å². The summed E-state index contributed by atoms with van der Waals surface area (Å²) in [5.74, 6) is 0.554. The van der Waals surface area contributed by atoms with Gasteiger partial charge in [0.1, 0.15) is 0 Å². The molecule has 1 aromatic rings. The van der Waals surface area contributed by atoms with Crippen molar-refractivity contribution in [3.05, 3.63) is 39.4 Å². The van der Waals surface area contributed by atoms with Crippen LogP contribution in [-0.4, -0.2) is 12.1 Å². The van der Waals surface area contributed by atoms with Gasteiger partial charge in [-0.2, -0.15) is 0 Å². The van der Waals surface area contributed by atoms with Crippen LogP contribution in [0.15, 0.2) is 28.2 Å². The zero-order valence-corrected chi connectivity index (χ0v) is 14.6. The van der Waals surface area contributed by atoms with Gasteiger partial charge in [-0.1, -0.05) is 53.6 Å². The lowest BCUT2D eigenvalue weighted by Crippen LogP contribution is -2.37. The van der Waals surface area contributed by atoms with Crippen molar-refractivity contribution in [2.45, 2.75) is 47.1 Å². The number of hydrogen-bond donors (Lipinski definition) is 1.